The molecule has 5 heteroatoms. The van der Waals surface area contributed by atoms with Gasteiger partial charge in [-0.15, -0.1) is 0 Å². The van der Waals surface area contributed by atoms with Crippen molar-refractivity contribution in [3.05, 3.63) is 0 Å². The smallest absolute Gasteiger partial charge is 0.324 e. The number of hydrogen-bond donors (Lipinski definition) is 1. The molecule has 0 aliphatic heterocycles. The number of rotatable bonds is 7. The van der Waals surface area contributed by atoms with Crippen LogP contribution in [0.3, 0.4) is 0 Å². The Kier molecular flexibility index (Phi) is 5.56. The monoisotopic (exact) mass is 257 g/mol. The molecule has 106 valence electrons. The summed E-state index contributed by atoms with van der Waals surface area (Å²) in [6, 6.07) is -0.251. The molecule has 1 aliphatic carbocycles. The summed E-state index contributed by atoms with van der Waals surface area (Å²) in [5.41, 5.74) is 0.295. The van der Waals surface area contributed by atoms with Gasteiger partial charge in [-0.25, -0.2) is 0 Å². The van der Waals surface area contributed by atoms with Crippen molar-refractivity contribution in [2.75, 3.05) is 48.4 Å². The molecule has 5 nitrogen and oxygen atoms in total. The molecular weight excluding hydrogens is 230 g/mol. The molecule has 1 aliphatic rings. The number of nitrogens with one attached hydrogen (secondary N) is 1. The fourth-order valence-corrected chi connectivity index (χ4v) is 2.64. The number of likely N-dealkylation sites (N-methyl/N-ethyl adjacent to an activating group) is 3. The minimum absolute atomic E-state index is 0.197. The average molecular weight is 257 g/mol. The van der Waals surface area contributed by atoms with E-state index < -0.39 is 0 Å². The van der Waals surface area contributed by atoms with Crippen molar-refractivity contribution < 1.29 is 9.53 Å². The van der Waals surface area contributed by atoms with Crippen molar-refractivity contribution in [3.63, 3.8) is 0 Å². The van der Waals surface area contributed by atoms with Crippen LogP contribution in [0.25, 0.3) is 0 Å². The van der Waals surface area contributed by atoms with Gasteiger partial charge in [0.1, 0.15) is 6.04 Å². The molecule has 0 radical (unpaired) electrons. The number of esters is 1. The van der Waals surface area contributed by atoms with Crippen molar-refractivity contribution in [1.82, 2.24) is 15.1 Å². The maximum atomic E-state index is 11.5. The molecule has 18 heavy (non-hydrogen) atoms. The Balaban J connectivity index is 2.49. The van der Waals surface area contributed by atoms with Gasteiger partial charge in [-0.2, -0.15) is 0 Å². The first kappa shape index (κ1) is 15.4. The minimum Gasteiger partial charge on any atom is -0.468 e. The molecule has 0 bridgehead atoms. The number of methoxy groups -OCH3 is 1. The summed E-state index contributed by atoms with van der Waals surface area (Å²) in [4.78, 5) is 16.1. The predicted molar refractivity (Wildman–Crippen MR) is 72.6 cm³/mol. The quantitative estimate of drug-likeness (QED) is 0.658. The summed E-state index contributed by atoms with van der Waals surface area (Å²) in [5, 5.41) is 3.00. The summed E-state index contributed by atoms with van der Waals surface area (Å²) in [5.74, 6) is -0.197. The fraction of sp³-hybridized carbons (Fsp3) is 0.923. The molecule has 1 N–H and O–H groups in total. The van der Waals surface area contributed by atoms with E-state index in [0.29, 0.717) is 12.1 Å². The van der Waals surface area contributed by atoms with Gasteiger partial charge in [0.05, 0.1) is 7.11 Å². The maximum absolute atomic E-state index is 11.5. The summed E-state index contributed by atoms with van der Waals surface area (Å²) < 4.78 is 4.78. The third-order valence-electron chi connectivity index (χ3n) is 4.13. The van der Waals surface area contributed by atoms with E-state index in [0.717, 1.165) is 6.54 Å². The highest BCUT2D eigenvalue weighted by atomic mass is 16.5. The van der Waals surface area contributed by atoms with Crippen molar-refractivity contribution >= 4 is 5.97 Å². The third kappa shape index (κ3) is 3.43. The Hall–Kier alpha value is -0.650. The summed E-state index contributed by atoms with van der Waals surface area (Å²) >= 11 is 0. The first-order valence-electron chi connectivity index (χ1n) is 6.56. The van der Waals surface area contributed by atoms with Crippen molar-refractivity contribution in [2.24, 2.45) is 0 Å². The van der Waals surface area contributed by atoms with E-state index in [1.54, 1.807) is 7.05 Å². The third-order valence-corrected chi connectivity index (χ3v) is 4.13. The standard InChI is InChI=1S/C13H27N3O2/c1-14-11(12(17)18-5)9-16(4)10-13(15(2)3)7-6-8-13/h11,14H,6-10H2,1-5H3. The normalized spacial score (nSPS) is 19.7. The highest BCUT2D eigenvalue weighted by molar-refractivity contribution is 5.75. The summed E-state index contributed by atoms with van der Waals surface area (Å²) in [7, 11) is 9.57. The molecule has 1 unspecified atom stereocenters. The lowest BCUT2D eigenvalue weighted by atomic mass is 9.75. The summed E-state index contributed by atoms with van der Waals surface area (Å²) in [6.07, 6.45) is 3.79. The van der Waals surface area contributed by atoms with Crippen LogP contribution >= 0.6 is 0 Å². The molecule has 0 aromatic heterocycles. The zero-order chi connectivity index (χ0) is 13.8. The van der Waals surface area contributed by atoms with E-state index in [1.807, 2.05) is 0 Å². The van der Waals surface area contributed by atoms with Crippen LogP contribution in [0.2, 0.25) is 0 Å². The van der Waals surface area contributed by atoms with Gasteiger partial charge in [0, 0.05) is 18.6 Å². The van der Waals surface area contributed by atoms with Gasteiger partial charge in [-0.05, 0) is 47.5 Å². The zero-order valence-corrected chi connectivity index (χ0v) is 12.3. The Morgan fingerprint density at radius 3 is 2.33 bits per heavy atom. The van der Waals surface area contributed by atoms with Crippen molar-refractivity contribution in [3.8, 4) is 0 Å². The van der Waals surface area contributed by atoms with E-state index >= 15 is 0 Å². The predicted octanol–water partition coefficient (Wildman–Crippen LogP) is 0.164. The number of ether oxygens (including phenoxy) is 1. The Bertz CT molecular complexity index is 277. The van der Waals surface area contributed by atoms with Gasteiger partial charge < -0.3 is 19.9 Å². The molecule has 1 fully saturated rings. The SMILES string of the molecule is CNC(CN(C)CC1(N(C)C)CCC1)C(=O)OC. The number of nitrogens with zero attached hydrogens (tertiary/aromatic N) is 2. The molecule has 0 amide bonds. The molecule has 1 rings (SSSR count). The van der Waals surface area contributed by atoms with Gasteiger partial charge in [-0.3, -0.25) is 4.79 Å². The van der Waals surface area contributed by atoms with Crippen molar-refractivity contribution in [1.29, 1.82) is 0 Å². The van der Waals surface area contributed by atoms with Crippen LogP contribution in [-0.4, -0.2) is 75.7 Å². The highest BCUT2D eigenvalue weighted by Crippen LogP contribution is 2.36. The van der Waals surface area contributed by atoms with Crippen LogP contribution in [0.15, 0.2) is 0 Å². The van der Waals surface area contributed by atoms with E-state index in [-0.39, 0.29) is 12.0 Å². The lowest BCUT2D eigenvalue weighted by molar-refractivity contribution is -0.143. The molecular formula is C13H27N3O2. The zero-order valence-electron chi connectivity index (χ0n) is 12.3. The Morgan fingerprint density at radius 2 is 2.00 bits per heavy atom. The average Bonchev–Trinajstić information content (AvgIpc) is 2.29. The highest BCUT2D eigenvalue weighted by Gasteiger charge is 2.40. The van der Waals surface area contributed by atoms with Crippen LogP contribution < -0.4 is 5.32 Å². The lowest BCUT2D eigenvalue weighted by Crippen LogP contribution is -2.58. The lowest BCUT2D eigenvalue weighted by Gasteiger charge is -2.49. The molecule has 1 atom stereocenters. The van der Waals surface area contributed by atoms with E-state index in [1.165, 1.54) is 26.4 Å². The first-order chi connectivity index (χ1) is 8.45. The van der Waals surface area contributed by atoms with Gasteiger partial charge >= 0.3 is 5.97 Å². The molecule has 0 aromatic rings. The van der Waals surface area contributed by atoms with Crippen LogP contribution in [0.4, 0.5) is 0 Å². The van der Waals surface area contributed by atoms with Crippen molar-refractivity contribution in [2.45, 2.75) is 30.8 Å². The van der Waals surface area contributed by atoms with Crippen LogP contribution in [0.1, 0.15) is 19.3 Å². The molecule has 1 saturated carbocycles. The number of hydrogen-bond acceptors (Lipinski definition) is 5. The topological polar surface area (TPSA) is 44.8 Å². The van der Waals surface area contributed by atoms with E-state index in [4.69, 9.17) is 4.74 Å². The van der Waals surface area contributed by atoms with Crippen LogP contribution in [0, 0.1) is 0 Å². The van der Waals surface area contributed by atoms with Gasteiger partial charge in [-0.1, -0.05) is 0 Å². The van der Waals surface area contributed by atoms with E-state index in [9.17, 15) is 4.79 Å². The van der Waals surface area contributed by atoms with E-state index in [2.05, 4.69) is 36.3 Å². The van der Waals surface area contributed by atoms with Gasteiger partial charge in [0.25, 0.3) is 0 Å². The minimum atomic E-state index is -0.251. The van der Waals surface area contributed by atoms with Crippen LogP contribution in [-0.2, 0) is 9.53 Å². The van der Waals surface area contributed by atoms with Crippen LogP contribution in [0.5, 0.6) is 0 Å². The first-order valence-corrected chi connectivity index (χ1v) is 6.56. The maximum Gasteiger partial charge on any atom is 0.324 e. The second-order valence-electron chi connectivity index (χ2n) is 5.53. The second kappa shape index (κ2) is 6.50. The number of carbonyl (C=O) groups excluding carboxylic acids is 1. The largest absolute Gasteiger partial charge is 0.468 e. The van der Waals surface area contributed by atoms with Gasteiger partial charge in [0.2, 0.25) is 0 Å². The Labute approximate surface area is 110 Å². The fourth-order valence-electron chi connectivity index (χ4n) is 2.64. The molecule has 0 saturated heterocycles. The molecule has 0 spiro atoms. The second-order valence-corrected chi connectivity index (χ2v) is 5.53. The Morgan fingerprint density at radius 1 is 1.39 bits per heavy atom. The van der Waals surface area contributed by atoms with Gasteiger partial charge in [0.15, 0.2) is 0 Å². The number of carbonyl (C=O) groups is 1. The molecule has 0 heterocycles. The molecule has 0 aromatic carbocycles. The summed E-state index contributed by atoms with van der Waals surface area (Å²) in [6.45, 7) is 1.67.